The van der Waals surface area contributed by atoms with Gasteiger partial charge in [0.15, 0.2) is 0 Å². The van der Waals surface area contributed by atoms with E-state index < -0.39 is 0 Å². The Kier molecular flexibility index (Phi) is 5.67. The van der Waals surface area contributed by atoms with Gasteiger partial charge in [0.05, 0.1) is 18.7 Å². The van der Waals surface area contributed by atoms with Gasteiger partial charge in [0.25, 0.3) is 0 Å². The molecular formula is C16H17Br2NO2. The summed E-state index contributed by atoms with van der Waals surface area (Å²) in [7, 11) is 3.30. The fraction of sp³-hybridized carbons (Fsp3) is 0.250. The van der Waals surface area contributed by atoms with Crippen LogP contribution in [0.25, 0.3) is 0 Å². The Morgan fingerprint density at radius 1 is 1.00 bits per heavy atom. The van der Waals surface area contributed by atoms with E-state index in [2.05, 4.69) is 31.9 Å². The summed E-state index contributed by atoms with van der Waals surface area (Å²) < 4.78 is 12.4. The second-order valence-corrected chi connectivity index (χ2v) is 6.38. The number of halogens is 2. The minimum absolute atomic E-state index is 0.116. The molecule has 3 nitrogen and oxygen atoms in total. The average molecular weight is 415 g/mol. The van der Waals surface area contributed by atoms with Gasteiger partial charge in [-0.25, -0.2) is 0 Å². The van der Waals surface area contributed by atoms with Crippen molar-refractivity contribution < 1.29 is 9.47 Å². The Morgan fingerprint density at radius 3 is 2.38 bits per heavy atom. The number of hydrogen-bond donors (Lipinski definition) is 1. The number of benzene rings is 2. The molecule has 2 aromatic carbocycles. The lowest BCUT2D eigenvalue weighted by molar-refractivity contribution is 0.412. The van der Waals surface area contributed by atoms with Gasteiger partial charge in [-0.15, -0.1) is 0 Å². The summed E-state index contributed by atoms with van der Waals surface area (Å²) in [6.45, 7) is 0. The molecule has 2 rings (SSSR count). The Labute approximate surface area is 141 Å². The largest absolute Gasteiger partial charge is 0.497 e. The van der Waals surface area contributed by atoms with E-state index in [0.717, 1.165) is 38.0 Å². The highest BCUT2D eigenvalue weighted by Crippen LogP contribution is 2.31. The van der Waals surface area contributed by atoms with Crippen LogP contribution in [0.3, 0.4) is 0 Å². The van der Waals surface area contributed by atoms with E-state index in [4.69, 9.17) is 15.2 Å². The van der Waals surface area contributed by atoms with Gasteiger partial charge in [0.1, 0.15) is 11.5 Å². The first-order valence-corrected chi connectivity index (χ1v) is 8.05. The van der Waals surface area contributed by atoms with E-state index in [9.17, 15) is 0 Å². The first-order chi connectivity index (χ1) is 10.0. The quantitative estimate of drug-likeness (QED) is 0.784. The van der Waals surface area contributed by atoms with E-state index in [0.29, 0.717) is 0 Å². The van der Waals surface area contributed by atoms with Gasteiger partial charge < -0.3 is 15.2 Å². The van der Waals surface area contributed by atoms with Gasteiger partial charge in [-0.05, 0) is 63.8 Å². The predicted molar refractivity (Wildman–Crippen MR) is 92.0 cm³/mol. The van der Waals surface area contributed by atoms with E-state index in [1.807, 2.05) is 36.4 Å². The van der Waals surface area contributed by atoms with Crippen LogP contribution in [0.5, 0.6) is 11.5 Å². The van der Waals surface area contributed by atoms with Crippen molar-refractivity contribution >= 4 is 31.9 Å². The third kappa shape index (κ3) is 3.99. The lowest BCUT2D eigenvalue weighted by Gasteiger charge is -2.16. The molecule has 0 saturated carbocycles. The maximum Gasteiger partial charge on any atom is 0.133 e. The van der Waals surface area contributed by atoms with E-state index in [1.165, 1.54) is 0 Å². The molecule has 2 aromatic rings. The number of rotatable bonds is 5. The van der Waals surface area contributed by atoms with Crippen molar-refractivity contribution in [3.05, 3.63) is 56.5 Å². The first kappa shape index (κ1) is 16.3. The highest BCUT2D eigenvalue weighted by atomic mass is 79.9. The minimum Gasteiger partial charge on any atom is -0.497 e. The third-order valence-corrected chi connectivity index (χ3v) is 4.62. The zero-order valence-electron chi connectivity index (χ0n) is 11.9. The van der Waals surface area contributed by atoms with Gasteiger partial charge in [-0.1, -0.05) is 22.0 Å². The van der Waals surface area contributed by atoms with Crippen LogP contribution in [0.1, 0.15) is 17.2 Å². The van der Waals surface area contributed by atoms with Crippen LogP contribution in [-0.4, -0.2) is 14.2 Å². The number of methoxy groups -OCH3 is 2. The topological polar surface area (TPSA) is 44.5 Å². The molecular weight excluding hydrogens is 398 g/mol. The van der Waals surface area contributed by atoms with Crippen molar-refractivity contribution in [3.8, 4) is 11.5 Å². The average Bonchev–Trinajstić information content (AvgIpc) is 2.48. The van der Waals surface area contributed by atoms with Crippen LogP contribution in [-0.2, 0) is 6.42 Å². The molecule has 0 fully saturated rings. The molecule has 0 aliphatic heterocycles. The minimum atomic E-state index is -0.116. The van der Waals surface area contributed by atoms with Crippen molar-refractivity contribution in [1.29, 1.82) is 0 Å². The van der Waals surface area contributed by atoms with E-state index in [1.54, 1.807) is 14.2 Å². The Morgan fingerprint density at radius 2 is 1.76 bits per heavy atom. The lowest BCUT2D eigenvalue weighted by atomic mass is 9.99. The molecule has 0 heterocycles. The molecule has 112 valence electrons. The second-order valence-electron chi connectivity index (χ2n) is 4.67. The molecule has 0 amide bonds. The van der Waals surface area contributed by atoms with Crippen molar-refractivity contribution in [2.24, 2.45) is 5.73 Å². The summed E-state index contributed by atoms with van der Waals surface area (Å²) in [6, 6.07) is 11.7. The first-order valence-electron chi connectivity index (χ1n) is 6.46. The van der Waals surface area contributed by atoms with Gasteiger partial charge in [-0.2, -0.15) is 0 Å². The Balaban J connectivity index is 2.21. The zero-order valence-corrected chi connectivity index (χ0v) is 15.1. The maximum atomic E-state index is 6.34. The number of nitrogens with two attached hydrogens (primary N) is 1. The van der Waals surface area contributed by atoms with Gasteiger partial charge >= 0.3 is 0 Å². The Hall–Kier alpha value is -1.04. The molecule has 0 saturated heterocycles. The summed E-state index contributed by atoms with van der Waals surface area (Å²) in [6.07, 6.45) is 0.731. The van der Waals surface area contributed by atoms with Crippen molar-refractivity contribution in [1.82, 2.24) is 0 Å². The smallest absolute Gasteiger partial charge is 0.133 e. The fourth-order valence-electron chi connectivity index (χ4n) is 2.13. The summed E-state index contributed by atoms with van der Waals surface area (Å²) in [4.78, 5) is 0. The van der Waals surface area contributed by atoms with Crippen LogP contribution in [0, 0.1) is 0 Å². The van der Waals surface area contributed by atoms with Gasteiger partial charge in [-0.3, -0.25) is 0 Å². The standard InChI is InChI=1S/C16H17Br2NO2/c1-20-11-4-5-13(17)12(9-11)15(19)8-10-3-6-16(21-2)14(18)7-10/h3-7,9,15H,8,19H2,1-2H3. The molecule has 2 N–H and O–H groups in total. The van der Waals surface area contributed by atoms with Crippen LogP contribution >= 0.6 is 31.9 Å². The fourth-order valence-corrected chi connectivity index (χ4v) is 3.26. The Bertz CT molecular complexity index is 632. The zero-order chi connectivity index (χ0) is 15.4. The molecule has 0 aliphatic rings. The second kappa shape index (κ2) is 7.29. The molecule has 1 atom stereocenters. The molecule has 0 aromatic heterocycles. The third-order valence-electron chi connectivity index (χ3n) is 3.27. The summed E-state index contributed by atoms with van der Waals surface area (Å²) in [5, 5.41) is 0. The van der Waals surface area contributed by atoms with Gasteiger partial charge in [0.2, 0.25) is 0 Å². The number of ether oxygens (including phenoxy) is 2. The molecule has 0 radical (unpaired) electrons. The summed E-state index contributed by atoms with van der Waals surface area (Å²) in [5.74, 6) is 1.62. The molecule has 0 spiro atoms. The van der Waals surface area contributed by atoms with Crippen LogP contribution < -0.4 is 15.2 Å². The molecule has 0 aliphatic carbocycles. The van der Waals surface area contributed by atoms with Crippen LogP contribution in [0.15, 0.2) is 45.3 Å². The van der Waals surface area contributed by atoms with Crippen molar-refractivity contribution in [2.75, 3.05) is 14.2 Å². The SMILES string of the molecule is COc1ccc(Br)c(C(N)Cc2ccc(OC)c(Br)c2)c1. The van der Waals surface area contributed by atoms with Crippen LogP contribution in [0.4, 0.5) is 0 Å². The van der Waals surface area contributed by atoms with Crippen molar-refractivity contribution in [3.63, 3.8) is 0 Å². The predicted octanol–water partition coefficient (Wildman–Crippen LogP) is 4.47. The van der Waals surface area contributed by atoms with E-state index in [-0.39, 0.29) is 6.04 Å². The lowest BCUT2D eigenvalue weighted by Crippen LogP contribution is -2.14. The molecule has 5 heteroatoms. The van der Waals surface area contributed by atoms with Crippen molar-refractivity contribution in [2.45, 2.75) is 12.5 Å². The summed E-state index contributed by atoms with van der Waals surface area (Å²) in [5.41, 5.74) is 8.51. The molecule has 0 bridgehead atoms. The van der Waals surface area contributed by atoms with Gasteiger partial charge in [0, 0.05) is 10.5 Å². The monoisotopic (exact) mass is 413 g/mol. The normalized spacial score (nSPS) is 12.0. The summed E-state index contributed by atoms with van der Waals surface area (Å²) >= 11 is 7.04. The maximum absolute atomic E-state index is 6.34. The number of hydrogen-bond acceptors (Lipinski definition) is 3. The highest BCUT2D eigenvalue weighted by molar-refractivity contribution is 9.10. The van der Waals surface area contributed by atoms with Crippen LogP contribution in [0.2, 0.25) is 0 Å². The van der Waals surface area contributed by atoms with E-state index >= 15 is 0 Å². The molecule has 21 heavy (non-hydrogen) atoms. The molecule has 1 unspecified atom stereocenters. The highest BCUT2D eigenvalue weighted by Gasteiger charge is 2.13.